The van der Waals surface area contributed by atoms with Crippen molar-refractivity contribution in [2.75, 3.05) is 31.1 Å². The molecule has 1 saturated heterocycles. The SMILES string of the molecule is O=C(c1nc(Cl)ccc1Cl)N1CCN(c2ncccn2)CC1. The van der Waals surface area contributed by atoms with E-state index in [0.29, 0.717) is 37.1 Å². The normalized spacial score (nSPS) is 15.0. The van der Waals surface area contributed by atoms with Crippen LogP contribution in [0.2, 0.25) is 10.2 Å². The maximum Gasteiger partial charge on any atom is 0.274 e. The molecule has 3 heterocycles. The average molecular weight is 338 g/mol. The second-order valence-corrected chi connectivity index (χ2v) is 5.59. The lowest BCUT2D eigenvalue weighted by Crippen LogP contribution is -2.49. The average Bonchev–Trinajstić information content (AvgIpc) is 2.57. The predicted molar refractivity (Wildman–Crippen MR) is 84.4 cm³/mol. The van der Waals surface area contributed by atoms with Crippen molar-refractivity contribution in [3.8, 4) is 0 Å². The van der Waals surface area contributed by atoms with Gasteiger partial charge < -0.3 is 9.80 Å². The monoisotopic (exact) mass is 337 g/mol. The molecule has 22 heavy (non-hydrogen) atoms. The van der Waals surface area contributed by atoms with Gasteiger partial charge in [-0.15, -0.1) is 0 Å². The number of aromatic nitrogens is 3. The van der Waals surface area contributed by atoms with Gasteiger partial charge in [0.05, 0.1) is 5.02 Å². The van der Waals surface area contributed by atoms with Gasteiger partial charge in [0.1, 0.15) is 10.8 Å². The van der Waals surface area contributed by atoms with Crippen LogP contribution in [0.15, 0.2) is 30.6 Å². The van der Waals surface area contributed by atoms with Crippen molar-refractivity contribution in [2.24, 2.45) is 0 Å². The molecule has 0 radical (unpaired) electrons. The van der Waals surface area contributed by atoms with E-state index in [4.69, 9.17) is 23.2 Å². The first-order valence-corrected chi connectivity index (χ1v) is 7.54. The quantitative estimate of drug-likeness (QED) is 0.785. The lowest BCUT2D eigenvalue weighted by Gasteiger charge is -2.34. The summed E-state index contributed by atoms with van der Waals surface area (Å²) >= 11 is 11.9. The van der Waals surface area contributed by atoms with E-state index in [2.05, 4.69) is 15.0 Å². The largest absolute Gasteiger partial charge is 0.337 e. The highest BCUT2D eigenvalue weighted by atomic mass is 35.5. The standard InChI is InChI=1S/C14H13Cl2N5O/c15-10-2-3-11(16)19-12(10)13(22)20-6-8-21(9-7-20)14-17-4-1-5-18-14/h1-5H,6-9H2. The van der Waals surface area contributed by atoms with Gasteiger partial charge in [-0.3, -0.25) is 4.79 Å². The Bertz CT molecular complexity index is 674. The molecule has 1 fully saturated rings. The van der Waals surface area contributed by atoms with Gasteiger partial charge in [-0.25, -0.2) is 15.0 Å². The highest BCUT2D eigenvalue weighted by molar-refractivity contribution is 6.34. The van der Waals surface area contributed by atoms with E-state index in [0.717, 1.165) is 0 Å². The lowest BCUT2D eigenvalue weighted by molar-refractivity contribution is 0.0740. The van der Waals surface area contributed by atoms with Gasteiger partial charge in [0.25, 0.3) is 5.91 Å². The van der Waals surface area contributed by atoms with Gasteiger partial charge in [0.2, 0.25) is 5.95 Å². The Hall–Kier alpha value is -1.92. The van der Waals surface area contributed by atoms with Crippen LogP contribution in [-0.4, -0.2) is 51.9 Å². The first-order valence-electron chi connectivity index (χ1n) is 6.78. The van der Waals surface area contributed by atoms with Gasteiger partial charge >= 0.3 is 0 Å². The molecular weight excluding hydrogens is 325 g/mol. The number of anilines is 1. The zero-order chi connectivity index (χ0) is 15.5. The van der Waals surface area contributed by atoms with E-state index < -0.39 is 0 Å². The van der Waals surface area contributed by atoms with Gasteiger partial charge in [-0.2, -0.15) is 0 Å². The number of pyridine rings is 1. The van der Waals surface area contributed by atoms with E-state index in [9.17, 15) is 4.79 Å². The number of halogens is 2. The molecule has 0 spiro atoms. The van der Waals surface area contributed by atoms with Crippen molar-refractivity contribution in [3.63, 3.8) is 0 Å². The fraction of sp³-hybridized carbons (Fsp3) is 0.286. The summed E-state index contributed by atoms with van der Waals surface area (Å²) in [6, 6.07) is 4.92. The second-order valence-electron chi connectivity index (χ2n) is 4.79. The third-order valence-electron chi connectivity index (χ3n) is 3.42. The van der Waals surface area contributed by atoms with E-state index in [1.165, 1.54) is 0 Å². The van der Waals surface area contributed by atoms with Crippen LogP contribution in [0.5, 0.6) is 0 Å². The summed E-state index contributed by atoms with van der Waals surface area (Å²) in [5.41, 5.74) is 0.193. The predicted octanol–water partition coefficient (Wildman–Crippen LogP) is 2.14. The summed E-state index contributed by atoms with van der Waals surface area (Å²) in [5.74, 6) is 0.467. The van der Waals surface area contributed by atoms with Crippen LogP contribution in [0, 0.1) is 0 Å². The van der Waals surface area contributed by atoms with Gasteiger partial charge in [0.15, 0.2) is 0 Å². The summed E-state index contributed by atoms with van der Waals surface area (Å²) in [6.07, 6.45) is 3.41. The third kappa shape index (κ3) is 3.13. The van der Waals surface area contributed by atoms with Crippen LogP contribution in [0.4, 0.5) is 5.95 Å². The molecule has 0 saturated carbocycles. The molecule has 0 aliphatic carbocycles. The molecule has 1 aliphatic rings. The summed E-state index contributed by atoms with van der Waals surface area (Å²) in [4.78, 5) is 28.7. The van der Waals surface area contributed by atoms with Gasteiger partial charge in [-0.05, 0) is 18.2 Å². The molecule has 0 N–H and O–H groups in total. The summed E-state index contributed by atoms with van der Waals surface area (Å²) < 4.78 is 0. The zero-order valence-electron chi connectivity index (χ0n) is 11.6. The Labute approximate surface area is 137 Å². The Kier molecular flexibility index (Phi) is 4.40. The van der Waals surface area contributed by atoms with Crippen LogP contribution >= 0.6 is 23.2 Å². The number of amides is 1. The number of hydrogen-bond donors (Lipinski definition) is 0. The van der Waals surface area contributed by atoms with Crippen LogP contribution in [-0.2, 0) is 0 Å². The van der Waals surface area contributed by atoms with E-state index in [-0.39, 0.29) is 16.8 Å². The van der Waals surface area contributed by atoms with Crippen molar-refractivity contribution < 1.29 is 4.79 Å². The molecule has 114 valence electrons. The molecule has 0 aromatic carbocycles. The first kappa shape index (κ1) is 15.0. The molecular formula is C14H13Cl2N5O. The minimum absolute atomic E-state index is 0.193. The number of carbonyl (C=O) groups excluding carboxylic acids is 1. The molecule has 0 bridgehead atoms. The Morgan fingerprint density at radius 2 is 1.73 bits per heavy atom. The minimum atomic E-state index is -0.207. The van der Waals surface area contributed by atoms with Crippen molar-refractivity contribution in [3.05, 3.63) is 46.5 Å². The molecule has 3 rings (SSSR count). The molecule has 0 atom stereocenters. The zero-order valence-corrected chi connectivity index (χ0v) is 13.1. The Morgan fingerprint density at radius 1 is 1.05 bits per heavy atom. The van der Waals surface area contributed by atoms with Gasteiger partial charge in [0, 0.05) is 38.6 Å². The summed E-state index contributed by atoms with van der Waals surface area (Å²) in [7, 11) is 0. The smallest absolute Gasteiger partial charge is 0.274 e. The van der Waals surface area contributed by atoms with E-state index in [1.54, 1.807) is 35.5 Å². The van der Waals surface area contributed by atoms with Gasteiger partial charge in [-0.1, -0.05) is 23.2 Å². The second kappa shape index (κ2) is 6.46. The van der Waals surface area contributed by atoms with Crippen molar-refractivity contribution >= 4 is 35.1 Å². The summed E-state index contributed by atoms with van der Waals surface area (Å²) in [5, 5.41) is 0.562. The number of rotatable bonds is 2. The Morgan fingerprint density at radius 3 is 2.41 bits per heavy atom. The van der Waals surface area contributed by atoms with Crippen LogP contribution in [0.3, 0.4) is 0 Å². The number of nitrogens with zero attached hydrogens (tertiary/aromatic N) is 5. The lowest BCUT2D eigenvalue weighted by atomic mass is 10.2. The fourth-order valence-electron chi connectivity index (χ4n) is 2.28. The van der Waals surface area contributed by atoms with Crippen molar-refractivity contribution in [1.82, 2.24) is 19.9 Å². The van der Waals surface area contributed by atoms with Crippen LogP contribution < -0.4 is 4.90 Å². The highest BCUT2D eigenvalue weighted by Crippen LogP contribution is 2.19. The van der Waals surface area contributed by atoms with E-state index in [1.807, 2.05) is 4.90 Å². The third-order valence-corrected chi connectivity index (χ3v) is 3.93. The maximum absolute atomic E-state index is 12.5. The maximum atomic E-state index is 12.5. The highest BCUT2D eigenvalue weighted by Gasteiger charge is 2.25. The molecule has 0 unspecified atom stereocenters. The molecule has 6 nitrogen and oxygen atoms in total. The molecule has 8 heteroatoms. The molecule has 1 aliphatic heterocycles. The van der Waals surface area contributed by atoms with Crippen molar-refractivity contribution in [1.29, 1.82) is 0 Å². The number of hydrogen-bond acceptors (Lipinski definition) is 5. The number of piperazine rings is 1. The molecule has 2 aromatic rings. The first-order chi connectivity index (χ1) is 10.6. The van der Waals surface area contributed by atoms with Crippen molar-refractivity contribution in [2.45, 2.75) is 0 Å². The molecule has 2 aromatic heterocycles. The van der Waals surface area contributed by atoms with Crippen LogP contribution in [0.25, 0.3) is 0 Å². The Balaban J connectivity index is 1.68. The fourth-order valence-corrected chi connectivity index (χ4v) is 2.62. The topological polar surface area (TPSA) is 62.2 Å². The van der Waals surface area contributed by atoms with Crippen LogP contribution in [0.1, 0.15) is 10.5 Å². The van der Waals surface area contributed by atoms with E-state index >= 15 is 0 Å². The molecule has 1 amide bonds. The summed E-state index contributed by atoms with van der Waals surface area (Å²) in [6.45, 7) is 2.44. The number of carbonyl (C=O) groups is 1. The minimum Gasteiger partial charge on any atom is -0.337 e.